The lowest BCUT2D eigenvalue weighted by atomic mass is 10.4. The second-order valence-corrected chi connectivity index (χ2v) is 3.00. The fraction of sp³-hybridized carbons (Fsp3) is 0.778. The minimum absolute atomic E-state index is 0.0469. The molecule has 0 fully saturated rings. The van der Waals surface area contributed by atoms with Crippen molar-refractivity contribution in [3.05, 3.63) is 11.5 Å². The van der Waals surface area contributed by atoms with Crippen LogP contribution in [-0.4, -0.2) is 45.2 Å². The topological polar surface area (TPSA) is 124 Å². The van der Waals surface area contributed by atoms with Crippen molar-refractivity contribution in [2.75, 3.05) is 33.2 Å². The standard InChI is InChI=1S/C9H18N4O4/c10-5-12-3-1-8(14)16-7-17-9(15)2-4-13-6-11/h10-13H,1-7H2/q-2. The zero-order chi connectivity index (χ0) is 12.9. The summed E-state index contributed by atoms with van der Waals surface area (Å²) < 4.78 is 9.25. The molecule has 0 radical (unpaired) electrons. The highest BCUT2D eigenvalue weighted by Gasteiger charge is 2.05. The van der Waals surface area contributed by atoms with E-state index in [1.807, 2.05) is 0 Å². The highest BCUT2D eigenvalue weighted by atomic mass is 16.7. The van der Waals surface area contributed by atoms with Crippen molar-refractivity contribution in [3.8, 4) is 0 Å². The summed E-state index contributed by atoms with van der Waals surface area (Å²) in [6.45, 7) is 0.434. The van der Waals surface area contributed by atoms with E-state index in [0.717, 1.165) is 0 Å². The van der Waals surface area contributed by atoms with Gasteiger partial charge in [0.05, 0.1) is 12.8 Å². The lowest BCUT2D eigenvalue weighted by Gasteiger charge is -2.08. The van der Waals surface area contributed by atoms with E-state index >= 15 is 0 Å². The summed E-state index contributed by atoms with van der Waals surface area (Å²) in [7, 11) is 0. The predicted octanol–water partition coefficient (Wildman–Crippen LogP) is 0.00910. The summed E-state index contributed by atoms with van der Waals surface area (Å²) in [6.07, 6.45) is 0.271. The van der Waals surface area contributed by atoms with E-state index in [9.17, 15) is 9.59 Å². The van der Waals surface area contributed by atoms with Gasteiger partial charge in [-0.1, -0.05) is 13.3 Å². The molecule has 0 aliphatic carbocycles. The first kappa shape index (κ1) is 15.8. The van der Waals surface area contributed by atoms with Gasteiger partial charge in [-0.05, 0) is 0 Å². The zero-order valence-electron chi connectivity index (χ0n) is 9.58. The third-order valence-electron chi connectivity index (χ3n) is 1.70. The molecule has 0 spiro atoms. The molecule has 8 nitrogen and oxygen atoms in total. The molecule has 0 saturated carbocycles. The number of hydrogen-bond acceptors (Lipinski definition) is 6. The van der Waals surface area contributed by atoms with Crippen LogP contribution in [0.25, 0.3) is 11.5 Å². The number of esters is 2. The van der Waals surface area contributed by atoms with Gasteiger partial charge in [0.2, 0.25) is 6.79 Å². The van der Waals surface area contributed by atoms with E-state index in [-0.39, 0.29) is 33.0 Å². The molecular formula is C9H18N4O4-2. The molecule has 0 aromatic rings. The van der Waals surface area contributed by atoms with Crippen molar-refractivity contribution in [3.63, 3.8) is 0 Å². The first-order chi connectivity index (χ1) is 8.20. The Morgan fingerprint density at radius 3 is 1.65 bits per heavy atom. The second-order valence-electron chi connectivity index (χ2n) is 3.00. The van der Waals surface area contributed by atoms with Gasteiger partial charge in [0.25, 0.3) is 0 Å². The van der Waals surface area contributed by atoms with E-state index in [2.05, 4.69) is 20.1 Å². The summed E-state index contributed by atoms with van der Waals surface area (Å²) in [4.78, 5) is 22.0. The van der Waals surface area contributed by atoms with E-state index in [1.165, 1.54) is 0 Å². The van der Waals surface area contributed by atoms with Crippen molar-refractivity contribution < 1.29 is 19.1 Å². The molecule has 17 heavy (non-hydrogen) atoms. The minimum atomic E-state index is -0.483. The fourth-order valence-electron chi connectivity index (χ4n) is 0.863. The average Bonchev–Trinajstić information content (AvgIpc) is 2.30. The molecule has 4 N–H and O–H groups in total. The number of rotatable bonds is 10. The molecule has 8 heteroatoms. The highest BCUT2D eigenvalue weighted by molar-refractivity contribution is 5.71. The summed E-state index contributed by atoms with van der Waals surface area (Å²) in [5, 5.41) is 5.29. The highest BCUT2D eigenvalue weighted by Crippen LogP contribution is 1.89. The summed E-state index contributed by atoms with van der Waals surface area (Å²) in [5.41, 5.74) is 13.5. The molecule has 0 atom stereocenters. The van der Waals surface area contributed by atoms with Crippen LogP contribution in [0.3, 0.4) is 0 Å². The van der Waals surface area contributed by atoms with Gasteiger partial charge in [-0.25, -0.2) is 0 Å². The number of nitrogens with one attached hydrogen (secondary N) is 4. The van der Waals surface area contributed by atoms with Crippen LogP contribution in [0.2, 0.25) is 0 Å². The number of hydrogen-bond donors (Lipinski definition) is 2. The summed E-state index contributed by atoms with van der Waals surface area (Å²) in [5.74, 6) is -0.967. The third kappa shape index (κ3) is 11.1. The maximum atomic E-state index is 11.0. The molecule has 0 bridgehead atoms. The Bertz CT molecular complexity index is 203. The van der Waals surface area contributed by atoms with Crippen molar-refractivity contribution in [2.24, 2.45) is 0 Å². The van der Waals surface area contributed by atoms with E-state index < -0.39 is 11.9 Å². The summed E-state index contributed by atoms with van der Waals surface area (Å²) >= 11 is 0. The molecule has 0 heterocycles. The average molecular weight is 246 g/mol. The zero-order valence-corrected chi connectivity index (χ0v) is 9.58. The maximum absolute atomic E-state index is 11.0. The van der Waals surface area contributed by atoms with Crippen molar-refractivity contribution in [2.45, 2.75) is 12.8 Å². The van der Waals surface area contributed by atoms with Crippen LogP contribution < -0.4 is 10.6 Å². The monoisotopic (exact) mass is 246 g/mol. The molecule has 0 aliphatic rings. The maximum Gasteiger partial charge on any atom is 0.309 e. The predicted molar refractivity (Wildman–Crippen MR) is 60.7 cm³/mol. The molecule has 0 saturated heterocycles. The SMILES string of the molecule is [NH-]CNCCC(=O)OCOC(=O)CCNC[NH-]. The molecule has 0 aliphatic heterocycles. The van der Waals surface area contributed by atoms with Gasteiger partial charge in [0.15, 0.2) is 0 Å². The van der Waals surface area contributed by atoms with E-state index in [0.29, 0.717) is 13.1 Å². The van der Waals surface area contributed by atoms with Crippen molar-refractivity contribution in [1.82, 2.24) is 10.6 Å². The first-order valence-electron chi connectivity index (χ1n) is 5.22. The Hall–Kier alpha value is -1.22. The van der Waals surface area contributed by atoms with E-state index in [4.69, 9.17) is 11.5 Å². The van der Waals surface area contributed by atoms with Crippen LogP contribution in [0.4, 0.5) is 0 Å². The van der Waals surface area contributed by atoms with Gasteiger partial charge in [-0.3, -0.25) is 9.59 Å². The molecule has 0 unspecified atom stereocenters. The van der Waals surface area contributed by atoms with Gasteiger partial charge in [0, 0.05) is 13.1 Å². The number of carbonyl (C=O) groups excluding carboxylic acids is 2. The Labute approximate surface area is 100.0 Å². The normalized spacial score (nSPS) is 10.0. The first-order valence-corrected chi connectivity index (χ1v) is 5.22. The Balaban J connectivity index is 3.36. The largest absolute Gasteiger partial charge is 0.665 e. The van der Waals surface area contributed by atoms with Gasteiger partial charge in [0.1, 0.15) is 0 Å². The second kappa shape index (κ2) is 11.3. The lowest BCUT2D eigenvalue weighted by Crippen LogP contribution is -2.21. The number of ether oxygens (including phenoxy) is 2. The third-order valence-corrected chi connectivity index (χ3v) is 1.70. The molecule has 0 amide bonds. The van der Waals surface area contributed by atoms with Gasteiger partial charge < -0.3 is 31.6 Å². The molecule has 0 aromatic carbocycles. The molecule has 0 aromatic heterocycles. The van der Waals surface area contributed by atoms with Crippen molar-refractivity contribution in [1.29, 1.82) is 0 Å². The minimum Gasteiger partial charge on any atom is -0.665 e. The van der Waals surface area contributed by atoms with Gasteiger partial charge in [-0.2, -0.15) is 0 Å². The van der Waals surface area contributed by atoms with Gasteiger partial charge in [-0.15, -0.1) is 0 Å². The lowest BCUT2D eigenvalue weighted by molar-refractivity contribution is -0.166. The Morgan fingerprint density at radius 1 is 0.882 bits per heavy atom. The van der Waals surface area contributed by atoms with Crippen LogP contribution in [0, 0.1) is 0 Å². The molecule has 100 valence electrons. The van der Waals surface area contributed by atoms with Gasteiger partial charge >= 0.3 is 11.9 Å². The quantitative estimate of drug-likeness (QED) is 0.318. The Kier molecular flexibility index (Phi) is 10.5. The molecule has 0 rings (SSSR count). The van der Waals surface area contributed by atoms with Crippen LogP contribution in [0.1, 0.15) is 12.8 Å². The fourth-order valence-corrected chi connectivity index (χ4v) is 0.863. The Morgan fingerprint density at radius 2 is 1.29 bits per heavy atom. The summed E-state index contributed by atoms with van der Waals surface area (Å²) in [6, 6.07) is 0. The van der Waals surface area contributed by atoms with Crippen molar-refractivity contribution >= 4 is 11.9 Å². The molecular weight excluding hydrogens is 228 g/mol. The van der Waals surface area contributed by atoms with Crippen LogP contribution in [0.5, 0.6) is 0 Å². The number of carbonyl (C=O) groups is 2. The van der Waals surface area contributed by atoms with Crippen LogP contribution >= 0.6 is 0 Å². The van der Waals surface area contributed by atoms with Crippen LogP contribution in [-0.2, 0) is 19.1 Å². The van der Waals surface area contributed by atoms with E-state index in [1.54, 1.807) is 0 Å². The van der Waals surface area contributed by atoms with Crippen LogP contribution in [0.15, 0.2) is 0 Å². The smallest absolute Gasteiger partial charge is 0.309 e.